The Morgan fingerprint density at radius 2 is 1.61 bits per heavy atom. The van der Waals surface area contributed by atoms with Crippen molar-refractivity contribution in [2.75, 3.05) is 13.6 Å². The molecule has 0 radical (unpaired) electrons. The Hall–Kier alpha value is -0.820. The molecule has 0 bridgehead atoms. The fourth-order valence-electron chi connectivity index (χ4n) is 1.69. The Balaban J connectivity index is -0.000000328. The number of rotatable bonds is 1. The van der Waals surface area contributed by atoms with Crippen molar-refractivity contribution in [2.24, 2.45) is 0 Å². The molecule has 1 aliphatic heterocycles. The van der Waals surface area contributed by atoms with Crippen molar-refractivity contribution in [3.8, 4) is 0 Å². The lowest BCUT2D eigenvalue weighted by Crippen LogP contribution is -2.34. The van der Waals surface area contributed by atoms with Gasteiger partial charge in [0.2, 0.25) is 0 Å². The third-order valence-electron chi connectivity index (χ3n) is 2.67. The van der Waals surface area contributed by atoms with Gasteiger partial charge in [-0.1, -0.05) is 45.4 Å². The summed E-state index contributed by atoms with van der Waals surface area (Å²) in [5.41, 5.74) is 3.05. The molecule has 1 heteroatoms. The number of allylic oxidation sites excluding steroid dienone is 2. The van der Waals surface area contributed by atoms with Crippen molar-refractivity contribution in [1.82, 2.24) is 4.90 Å². The van der Waals surface area contributed by atoms with Crippen LogP contribution in [0.4, 0.5) is 0 Å². The van der Waals surface area contributed by atoms with Crippen LogP contribution in [0.1, 0.15) is 54.9 Å². The van der Waals surface area contributed by atoms with E-state index in [1.165, 1.54) is 17.6 Å². The van der Waals surface area contributed by atoms with Crippen LogP contribution in [0.5, 0.6) is 0 Å². The molecule has 108 valence electrons. The maximum atomic E-state index is 3.00. The third-order valence-corrected chi connectivity index (χ3v) is 2.67. The average Bonchev–Trinajstić information content (AvgIpc) is 2.43. The Bertz CT molecular complexity index is 226. The minimum Gasteiger partial charge on any atom is -0.299 e. The monoisotopic (exact) mass is 253 g/mol. The molecule has 0 amide bonds. The normalized spacial score (nSPS) is 19.0. The Labute approximate surface area is 116 Å². The first-order valence-electron chi connectivity index (χ1n) is 7.16. The van der Waals surface area contributed by atoms with E-state index in [0.717, 1.165) is 6.54 Å². The van der Waals surface area contributed by atoms with Gasteiger partial charge in [0.05, 0.1) is 0 Å². The summed E-state index contributed by atoms with van der Waals surface area (Å²) in [4.78, 5) is 2.41. The second-order valence-corrected chi connectivity index (χ2v) is 3.77. The SMILES string of the molecule is C/C=C\C1=C(C)CN(C)C(C)C1.C=C.CC.CC. The van der Waals surface area contributed by atoms with Gasteiger partial charge in [-0.25, -0.2) is 0 Å². The van der Waals surface area contributed by atoms with E-state index in [1.54, 1.807) is 0 Å². The maximum absolute atomic E-state index is 3.00. The topological polar surface area (TPSA) is 3.24 Å². The summed E-state index contributed by atoms with van der Waals surface area (Å²) < 4.78 is 0. The zero-order valence-electron chi connectivity index (χ0n) is 14.0. The van der Waals surface area contributed by atoms with Crippen molar-refractivity contribution in [3.05, 3.63) is 36.5 Å². The molecule has 1 atom stereocenters. The fraction of sp³-hybridized carbons (Fsp3) is 0.647. The predicted molar refractivity (Wildman–Crippen MR) is 88.2 cm³/mol. The zero-order valence-corrected chi connectivity index (χ0v) is 14.0. The standard InChI is InChI=1S/C11H19N.2C2H6.C2H4/c1-5-6-11-7-10(3)12(4)8-9(11)2;3*1-2/h5-6,10H,7-8H2,1-4H3;2*1-2H3;1-2H2/b6-5-;;;. The molecule has 1 unspecified atom stereocenters. The van der Waals surface area contributed by atoms with Crippen LogP contribution in [0.25, 0.3) is 0 Å². The van der Waals surface area contributed by atoms with Gasteiger partial charge in [0.1, 0.15) is 0 Å². The minimum atomic E-state index is 0.694. The molecule has 1 heterocycles. The van der Waals surface area contributed by atoms with Gasteiger partial charge in [0, 0.05) is 12.6 Å². The molecule has 18 heavy (non-hydrogen) atoms. The molecule has 0 saturated heterocycles. The molecule has 0 aromatic heterocycles. The van der Waals surface area contributed by atoms with Crippen LogP contribution in [0.15, 0.2) is 36.5 Å². The van der Waals surface area contributed by atoms with Crippen LogP contribution >= 0.6 is 0 Å². The quantitative estimate of drug-likeness (QED) is 0.561. The molecule has 1 aliphatic rings. The molecule has 0 N–H and O–H groups in total. The van der Waals surface area contributed by atoms with E-state index in [4.69, 9.17) is 0 Å². The van der Waals surface area contributed by atoms with E-state index < -0.39 is 0 Å². The average molecular weight is 253 g/mol. The highest BCUT2D eigenvalue weighted by atomic mass is 15.1. The van der Waals surface area contributed by atoms with Gasteiger partial charge >= 0.3 is 0 Å². The van der Waals surface area contributed by atoms with Crippen LogP contribution in [0, 0.1) is 0 Å². The van der Waals surface area contributed by atoms with Gasteiger partial charge < -0.3 is 0 Å². The van der Waals surface area contributed by atoms with Crippen molar-refractivity contribution >= 4 is 0 Å². The van der Waals surface area contributed by atoms with Crippen LogP contribution in [0.2, 0.25) is 0 Å². The number of hydrogen-bond donors (Lipinski definition) is 0. The fourth-order valence-corrected chi connectivity index (χ4v) is 1.69. The molecule has 1 nitrogen and oxygen atoms in total. The molecule has 0 aliphatic carbocycles. The van der Waals surface area contributed by atoms with Crippen LogP contribution in [-0.2, 0) is 0 Å². The summed E-state index contributed by atoms with van der Waals surface area (Å²) in [7, 11) is 2.20. The Morgan fingerprint density at radius 1 is 1.17 bits per heavy atom. The first-order valence-corrected chi connectivity index (χ1v) is 7.16. The van der Waals surface area contributed by atoms with Crippen molar-refractivity contribution in [1.29, 1.82) is 0 Å². The summed E-state index contributed by atoms with van der Waals surface area (Å²) in [5.74, 6) is 0. The lowest BCUT2D eigenvalue weighted by molar-refractivity contribution is 0.262. The Kier molecular flexibility index (Phi) is 20.1. The second kappa shape index (κ2) is 16.2. The third kappa shape index (κ3) is 9.23. The minimum absolute atomic E-state index is 0.694. The van der Waals surface area contributed by atoms with Crippen molar-refractivity contribution in [2.45, 2.75) is 60.9 Å². The summed E-state index contributed by atoms with van der Waals surface area (Å²) >= 11 is 0. The van der Waals surface area contributed by atoms with Crippen molar-refractivity contribution in [3.63, 3.8) is 0 Å². The highest BCUT2D eigenvalue weighted by Gasteiger charge is 2.17. The van der Waals surface area contributed by atoms with Crippen LogP contribution in [-0.4, -0.2) is 24.5 Å². The van der Waals surface area contributed by atoms with Gasteiger partial charge in [-0.05, 0) is 39.8 Å². The number of nitrogens with zero attached hydrogens (tertiary/aromatic N) is 1. The first kappa shape index (κ1) is 22.4. The summed E-state index contributed by atoms with van der Waals surface area (Å²) in [6.45, 7) is 21.7. The van der Waals surface area contributed by atoms with E-state index in [2.05, 4.69) is 58.0 Å². The predicted octanol–water partition coefficient (Wildman–Crippen LogP) is 5.46. The number of likely N-dealkylation sites (N-methyl/N-ethyl adjacent to an activating group) is 1. The van der Waals surface area contributed by atoms with E-state index in [-0.39, 0.29) is 0 Å². The lowest BCUT2D eigenvalue weighted by Gasteiger charge is -2.31. The molecule has 0 spiro atoms. The van der Waals surface area contributed by atoms with E-state index in [1.807, 2.05) is 27.7 Å². The molecule has 0 saturated carbocycles. The van der Waals surface area contributed by atoms with Gasteiger partial charge in [0.25, 0.3) is 0 Å². The largest absolute Gasteiger partial charge is 0.299 e. The molecule has 0 aromatic rings. The summed E-state index contributed by atoms with van der Waals surface area (Å²) in [6.07, 6.45) is 5.59. The van der Waals surface area contributed by atoms with Gasteiger partial charge in [-0.2, -0.15) is 0 Å². The zero-order chi connectivity index (χ0) is 15.1. The Morgan fingerprint density at radius 3 is 2.00 bits per heavy atom. The molecular weight excluding hydrogens is 218 g/mol. The highest BCUT2D eigenvalue weighted by Crippen LogP contribution is 2.22. The summed E-state index contributed by atoms with van der Waals surface area (Å²) in [6, 6.07) is 0.694. The lowest BCUT2D eigenvalue weighted by atomic mass is 9.96. The molecule has 0 aromatic carbocycles. The van der Waals surface area contributed by atoms with Crippen molar-refractivity contribution < 1.29 is 0 Å². The van der Waals surface area contributed by atoms with Crippen LogP contribution < -0.4 is 0 Å². The van der Waals surface area contributed by atoms with E-state index in [0.29, 0.717) is 6.04 Å². The molecule has 0 fully saturated rings. The van der Waals surface area contributed by atoms with Crippen LogP contribution in [0.3, 0.4) is 0 Å². The second-order valence-electron chi connectivity index (χ2n) is 3.77. The molecule has 1 rings (SSSR count). The van der Waals surface area contributed by atoms with Gasteiger partial charge in [0.15, 0.2) is 0 Å². The number of hydrogen-bond acceptors (Lipinski definition) is 1. The highest BCUT2D eigenvalue weighted by molar-refractivity contribution is 5.28. The summed E-state index contributed by atoms with van der Waals surface area (Å²) in [5, 5.41) is 0. The van der Waals surface area contributed by atoms with E-state index in [9.17, 15) is 0 Å². The van der Waals surface area contributed by atoms with E-state index >= 15 is 0 Å². The first-order chi connectivity index (χ1) is 8.65. The maximum Gasteiger partial charge on any atom is 0.0195 e. The van der Waals surface area contributed by atoms with Gasteiger partial charge in [-0.15, -0.1) is 13.2 Å². The van der Waals surface area contributed by atoms with Gasteiger partial charge in [-0.3, -0.25) is 4.90 Å². The smallest absolute Gasteiger partial charge is 0.0195 e. The molecular formula is C17H35N.